The van der Waals surface area contributed by atoms with E-state index in [9.17, 15) is 9.90 Å². The third kappa shape index (κ3) is 5.91. The molecule has 0 saturated carbocycles. The van der Waals surface area contributed by atoms with Crippen LogP contribution in [0.5, 0.6) is 11.5 Å². The summed E-state index contributed by atoms with van der Waals surface area (Å²) < 4.78 is 10.2. The molecule has 0 aromatic heterocycles. The van der Waals surface area contributed by atoms with E-state index in [0.29, 0.717) is 17.7 Å². The summed E-state index contributed by atoms with van der Waals surface area (Å²) in [5.74, 6) is 0.479. The third-order valence-corrected chi connectivity index (χ3v) is 2.69. The van der Waals surface area contributed by atoms with Crippen molar-refractivity contribution in [2.24, 2.45) is 5.73 Å². The van der Waals surface area contributed by atoms with Gasteiger partial charge in [0.15, 0.2) is 11.5 Å². The number of alkyl carbamates (subject to hydrolysis) is 1. The van der Waals surface area contributed by atoms with Crippen LogP contribution in [-0.4, -0.2) is 36.5 Å². The van der Waals surface area contributed by atoms with Crippen molar-refractivity contribution >= 4 is 6.09 Å². The number of para-hydroxylation sites is 1. The number of phenolic OH excluding ortho intramolecular Hbond substituents is 1. The lowest BCUT2D eigenvalue weighted by Gasteiger charge is -2.21. The van der Waals surface area contributed by atoms with Crippen LogP contribution in [0.15, 0.2) is 18.2 Å². The molecule has 1 atom stereocenters. The van der Waals surface area contributed by atoms with Gasteiger partial charge in [0.05, 0.1) is 7.11 Å². The van der Waals surface area contributed by atoms with Crippen LogP contribution in [-0.2, 0) is 11.2 Å². The van der Waals surface area contributed by atoms with Gasteiger partial charge in [-0.05, 0) is 38.8 Å². The molecular weight excluding hydrogens is 272 g/mol. The van der Waals surface area contributed by atoms with Gasteiger partial charge in [0.25, 0.3) is 0 Å². The Labute approximate surface area is 125 Å². The second kappa shape index (κ2) is 7.17. The maximum atomic E-state index is 11.5. The number of ether oxygens (including phenoxy) is 2. The van der Waals surface area contributed by atoms with Crippen LogP contribution < -0.4 is 15.8 Å². The first-order valence-corrected chi connectivity index (χ1v) is 6.80. The van der Waals surface area contributed by atoms with Crippen molar-refractivity contribution in [3.8, 4) is 11.5 Å². The van der Waals surface area contributed by atoms with Crippen molar-refractivity contribution in [1.82, 2.24) is 5.32 Å². The van der Waals surface area contributed by atoms with Crippen LogP contribution in [0.25, 0.3) is 0 Å². The molecule has 1 aromatic rings. The number of carbonyl (C=O) groups is 1. The highest BCUT2D eigenvalue weighted by Gasteiger charge is 2.17. The number of nitrogens with one attached hydrogen (secondary N) is 1. The van der Waals surface area contributed by atoms with Crippen molar-refractivity contribution in [2.75, 3.05) is 13.7 Å². The minimum absolute atomic E-state index is 0.0766. The van der Waals surface area contributed by atoms with Crippen molar-refractivity contribution in [1.29, 1.82) is 0 Å². The summed E-state index contributed by atoms with van der Waals surface area (Å²) in [6.45, 7) is 5.63. The molecule has 21 heavy (non-hydrogen) atoms. The number of phenols is 1. The Morgan fingerprint density at radius 3 is 2.67 bits per heavy atom. The van der Waals surface area contributed by atoms with Crippen LogP contribution in [0.4, 0.5) is 4.79 Å². The largest absolute Gasteiger partial charge is 0.504 e. The Morgan fingerprint density at radius 1 is 1.43 bits per heavy atom. The molecule has 0 fully saturated rings. The predicted molar refractivity (Wildman–Crippen MR) is 80.6 cm³/mol. The van der Waals surface area contributed by atoms with Crippen LogP contribution in [0.3, 0.4) is 0 Å². The van der Waals surface area contributed by atoms with E-state index in [1.807, 2.05) is 0 Å². The van der Waals surface area contributed by atoms with E-state index in [2.05, 4.69) is 5.32 Å². The Morgan fingerprint density at radius 2 is 2.10 bits per heavy atom. The number of methoxy groups -OCH3 is 1. The highest BCUT2D eigenvalue weighted by molar-refractivity contribution is 5.67. The quantitative estimate of drug-likeness (QED) is 0.770. The average Bonchev–Trinajstić information content (AvgIpc) is 2.37. The molecule has 0 bridgehead atoms. The first-order chi connectivity index (χ1) is 9.73. The van der Waals surface area contributed by atoms with Crippen LogP contribution in [0.2, 0.25) is 0 Å². The van der Waals surface area contributed by atoms with Crippen molar-refractivity contribution < 1.29 is 19.4 Å². The van der Waals surface area contributed by atoms with E-state index in [-0.39, 0.29) is 18.3 Å². The molecule has 0 aliphatic carbocycles. The maximum Gasteiger partial charge on any atom is 0.407 e. The summed E-state index contributed by atoms with van der Waals surface area (Å²) in [6.07, 6.45) is -0.0911. The minimum atomic E-state index is -0.542. The monoisotopic (exact) mass is 296 g/mol. The number of carbonyl (C=O) groups excluding carboxylic acids is 1. The smallest absolute Gasteiger partial charge is 0.407 e. The number of nitrogens with two attached hydrogens (primary N) is 1. The molecule has 1 amide bonds. The molecule has 1 unspecified atom stereocenters. The standard InChI is InChI=1S/C15H24N2O4/c1-15(2,3)21-14(19)17-9-11(16)8-10-6-5-7-12(20-4)13(10)18/h5-7,11,18H,8-9,16H2,1-4H3,(H,17,19). The number of benzene rings is 1. The van der Waals surface area contributed by atoms with Gasteiger partial charge in [0.1, 0.15) is 5.60 Å². The zero-order valence-electron chi connectivity index (χ0n) is 13.0. The molecule has 0 spiro atoms. The Bertz CT molecular complexity index is 483. The van der Waals surface area contributed by atoms with Crippen LogP contribution >= 0.6 is 0 Å². The first-order valence-electron chi connectivity index (χ1n) is 6.80. The summed E-state index contributed by atoms with van der Waals surface area (Å²) in [7, 11) is 1.49. The Balaban J connectivity index is 2.51. The molecule has 0 radical (unpaired) electrons. The van der Waals surface area contributed by atoms with Crippen molar-refractivity contribution in [3.05, 3.63) is 23.8 Å². The summed E-state index contributed by atoms with van der Waals surface area (Å²) in [6, 6.07) is 4.88. The normalized spacial score (nSPS) is 12.6. The molecule has 0 heterocycles. The molecule has 0 saturated heterocycles. The molecule has 0 aliphatic heterocycles. The Kier molecular flexibility index (Phi) is 5.84. The lowest BCUT2D eigenvalue weighted by molar-refractivity contribution is 0.0524. The maximum absolute atomic E-state index is 11.5. The fraction of sp³-hybridized carbons (Fsp3) is 0.533. The summed E-state index contributed by atoms with van der Waals surface area (Å²) in [5, 5.41) is 12.6. The molecule has 1 rings (SSSR count). The number of amides is 1. The SMILES string of the molecule is COc1cccc(CC(N)CNC(=O)OC(C)(C)C)c1O. The molecule has 1 aromatic carbocycles. The van der Waals surface area contributed by atoms with Gasteiger partial charge in [-0.2, -0.15) is 0 Å². The first kappa shape index (κ1) is 17.1. The van der Waals surface area contributed by atoms with Gasteiger partial charge in [0.2, 0.25) is 0 Å². The van der Waals surface area contributed by atoms with E-state index in [4.69, 9.17) is 15.2 Å². The molecule has 6 nitrogen and oxygen atoms in total. The number of aromatic hydroxyl groups is 1. The molecule has 0 aliphatic rings. The summed E-state index contributed by atoms with van der Waals surface area (Å²) >= 11 is 0. The summed E-state index contributed by atoms with van der Waals surface area (Å²) in [4.78, 5) is 11.5. The lowest BCUT2D eigenvalue weighted by Crippen LogP contribution is -2.41. The van der Waals surface area contributed by atoms with Gasteiger partial charge >= 0.3 is 6.09 Å². The van der Waals surface area contributed by atoms with Gasteiger partial charge in [-0.25, -0.2) is 4.79 Å². The fourth-order valence-electron chi connectivity index (χ4n) is 1.78. The second-order valence-electron chi connectivity index (χ2n) is 5.82. The number of hydrogen-bond donors (Lipinski definition) is 3. The minimum Gasteiger partial charge on any atom is -0.504 e. The molecule has 4 N–H and O–H groups in total. The second-order valence-corrected chi connectivity index (χ2v) is 5.82. The number of rotatable bonds is 5. The van der Waals surface area contributed by atoms with Crippen LogP contribution in [0.1, 0.15) is 26.3 Å². The van der Waals surface area contributed by atoms with Crippen molar-refractivity contribution in [2.45, 2.75) is 38.8 Å². The molecular formula is C15H24N2O4. The third-order valence-electron chi connectivity index (χ3n) is 2.69. The van der Waals surface area contributed by atoms with Gasteiger partial charge in [-0.15, -0.1) is 0 Å². The van der Waals surface area contributed by atoms with E-state index < -0.39 is 11.7 Å². The molecule has 6 heteroatoms. The lowest BCUT2D eigenvalue weighted by atomic mass is 10.0. The zero-order chi connectivity index (χ0) is 16.0. The van der Waals surface area contributed by atoms with Gasteiger partial charge in [-0.1, -0.05) is 12.1 Å². The van der Waals surface area contributed by atoms with Crippen LogP contribution in [0, 0.1) is 0 Å². The molecule has 118 valence electrons. The average molecular weight is 296 g/mol. The topological polar surface area (TPSA) is 93.8 Å². The predicted octanol–water partition coefficient (Wildman–Crippen LogP) is 1.80. The highest BCUT2D eigenvalue weighted by Crippen LogP contribution is 2.29. The van der Waals surface area contributed by atoms with E-state index in [1.54, 1.807) is 39.0 Å². The van der Waals surface area contributed by atoms with Gasteiger partial charge in [0, 0.05) is 12.6 Å². The van der Waals surface area contributed by atoms with E-state index in [1.165, 1.54) is 7.11 Å². The number of hydrogen-bond acceptors (Lipinski definition) is 5. The van der Waals surface area contributed by atoms with Gasteiger partial charge in [-0.3, -0.25) is 0 Å². The Hall–Kier alpha value is -1.95. The van der Waals surface area contributed by atoms with E-state index >= 15 is 0 Å². The van der Waals surface area contributed by atoms with E-state index in [0.717, 1.165) is 0 Å². The fourth-order valence-corrected chi connectivity index (χ4v) is 1.78. The van der Waals surface area contributed by atoms with Crippen molar-refractivity contribution in [3.63, 3.8) is 0 Å². The highest BCUT2D eigenvalue weighted by atomic mass is 16.6. The summed E-state index contributed by atoms with van der Waals surface area (Å²) in [5.41, 5.74) is 6.09. The zero-order valence-corrected chi connectivity index (χ0v) is 13.0. The van der Waals surface area contributed by atoms with Gasteiger partial charge < -0.3 is 25.6 Å².